The normalized spacial score (nSPS) is 20.8. The molecule has 1 aliphatic heterocycles. The van der Waals surface area contributed by atoms with Gasteiger partial charge < -0.3 is 16.4 Å². The molecule has 36 heavy (non-hydrogen) atoms. The Morgan fingerprint density at radius 1 is 1.22 bits per heavy atom. The summed E-state index contributed by atoms with van der Waals surface area (Å²) in [6.45, 7) is 6.88. The van der Waals surface area contributed by atoms with E-state index in [1.54, 1.807) is 18.2 Å². The second-order valence-electron chi connectivity index (χ2n) is 9.90. The molecule has 4 N–H and O–H groups in total. The van der Waals surface area contributed by atoms with E-state index >= 15 is 0 Å². The Morgan fingerprint density at radius 3 is 2.50 bits per heavy atom. The van der Waals surface area contributed by atoms with Crippen LogP contribution in [0.2, 0.25) is 5.02 Å². The SMILES string of the molecule is CC(C)C(c1ccc(Cl)cc1)[C@H](N)C(=O)Nc1cccc(F)c1CC[C@H]1CNC[C@H](C)N1S(C)(=O)=O. The van der Waals surface area contributed by atoms with Crippen molar-refractivity contribution in [2.75, 3.05) is 24.7 Å². The molecule has 0 saturated carbocycles. The molecule has 2 aromatic rings. The zero-order valence-electron chi connectivity index (χ0n) is 21.2. The number of carbonyl (C=O) groups excluding carboxylic acids is 1. The first-order valence-electron chi connectivity index (χ1n) is 12.2. The predicted molar refractivity (Wildman–Crippen MR) is 143 cm³/mol. The van der Waals surface area contributed by atoms with Gasteiger partial charge in [-0.2, -0.15) is 4.31 Å². The number of hydrogen-bond acceptors (Lipinski definition) is 5. The Hall–Kier alpha value is -2.04. The van der Waals surface area contributed by atoms with Crippen molar-refractivity contribution in [3.05, 3.63) is 64.4 Å². The molecule has 1 heterocycles. The third kappa shape index (κ3) is 6.83. The van der Waals surface area contributed by atoms with E-state index in [1.807, 2.05) is 32.9 Å². The minimum absolute atomic E-state index is 0.0710. The van der Waals surface area contributed by atoms with E-state index in [4.69, 9.17) is 17.3 Å². The molecule has 0 aromatic heterocycles. The van der Waals surface area contributed by atoms with Gasteiger partial charge in [-0.15, -0.1) is 0 Å². The first kappa shape index (κ1) is 28.5. The molecule has 4 atom stereocenters. The van der Waals surface area contributed by atoms with Crippen molar-refractivity contribution < 1.29 is 17.6 Å². The highest BCUT2D eigenvalue weighted by molar-refractivity contribution is 7.88. The molecule has 0 aliphatic carbocycles. The molecule has 1 amide bonds. The fourth-order valence-corrected chi connectivity index (χ4v) is 6.71. The van der Waals surface area contributed by atoms with Gasteiger partial charge in [0.1, 0.15) is 5.82 Å². The zero-order chi connectivity index (χ0) is 26.6. The van der Waals surface area contributed by atoms with Crippen molar-refractivity contribution >= 4 is 33.2 Å². The lowest BCUT2D eigenvalue weighted by Crippen LogP contribution is -2.58. The minimum Gasteiger partial charge on any atom is -0.324 e. The van der Waals surface area contributed by atoms with Crippen molar-refractivity contribution in [2.24, 2.45) is 11.7 Å². The van der Waals surface area contributed by atoms with Gasteiger partial charge in [0.2, 0.25) is 15.9 Å². The largest absolute Gasteiger partial charge is 0.324 e. The third-order valence-corrected chi connectivity index (χ3v) is 8.44. The number of carbonyl (C=O) groups is 1. The molecule has 10 heteroatoms. The topological polar surface area (TPSA) is 105 Å². The summed E-state index contributed by atoms with van der Waals surface area (Å²) >= 11 is 6.02. The van der Waals surface area contributed by atoms with Crippen LogP contribution in [-0.4, -0.2) is 56.1 Å². The lowest BCUT2D eigenvalue weighted by Gasteiger charge is -2.39. The highest BCUT2D eigenvalue weighted by atomic mass is 35.5. The number of benzene rings is 2. The van der Waals surface area contributed by atoms with E-state index in [0.717, 1.165) is 5.56 Å². The molecule has 3 rings (SSSR count). The third-order valence-electron chi connectivity index (χ3n) is 6.76. The maximum atomic E-state index is 14.9. The number of amides is 1. The molecule has 1 aliphatic rings. The van der Waals surface area contributed by atoms with Crippen molar-refractivity contribution in [1.82, 2.24) is 9.62 Å². The van der Waals surface area contributed by atoms with E-state index in [-0.39, 0.29) is 30.3 Å². The molecular weight excluding hydrogens is 503 g/mol. The van der Waals surface area contributed by atoms with Crippen LogP contribution in [0.3, 0.4) is 0 Å². The number of nitrogens with zero attached hydrogens (tertiary/aromatic N) is 1. The zero-order valence-corrected chi connectivity index (χ0v) is 22.7. The smallest absolute Gasteiger partial charge is 0.241 e. The Balaban J connectivity index is 1.79. The van der Waals surface area contributed by atoms with Crippen LogP contribution in [0.5, 0.6) is 0 Å². The van der Waals surface area contributed by atoms with Crippen LogP contribution in [0.1, 0.15) is 44.2 Å². The van der Waals surface area contributed by atoms with E-state index in [2.05, 4.69) is 10.6 Å². The monoisotopic (exact) mass is 538 g/mol. The first-order chi connectivity index (χ1) is 16.9. The van der Waals surface area contributed by atoms with Crippen LogP contribution < -0.4 is 16.4 Å². The molecule has 1 saturated heterocycles. The Kier molecular flexibility index (Phi) is 9.51. The lowest BCUT2D eigenvalue weighted by atomic mass is 9.82. The molecule has 1 unspecified atom stereocenters. The van der Waals surface area contributed by atoms with Gasteiger partial charge in [-0.1, -0.05) is 43.6 Å². The number of nitrogens with two attached hydrogens (primary N) is 1. The number of anilines is 1. The number of piperazine rings is 1. The fraction of sp³-hybridized carbons (Fsp3) is 0.500. The Bertz CT molecular complexity index is 1160. The number of sulfonamides is 1. The number of nitrogens with one attached hydrogen (secondary N) is 2. The van der Waals surface area contributed by atoms with Crippen LogP contribution in [-0.2, 0) is 21.2 Å². The summed E-state index contributed by atoms with van der Waals surface area (Å²) in [6, 6.07) is 10.4. The van der Waals surface area contributed by atoms with Crippen molar-refractivity contribution in [1.29, 1.82) is 0 Å². The maximum absolute atomic E-state index is 14.9. The summed E-state index contributed by atoms with van der Waals surface area (Å²) in [6.07, 6.45) is 1.86. The number of halogens is 2. The van der Waals surface area contributed by atoms with Crippen LogP contribution >= 0.6 is 11.6 Å². The summed E-state index contributed by atoms with van der Waals surface area (Å²) in [4.78, 5) is 13.2. The number of hydrogen-bond donors (Lipinski definition) is 3. The maximum Gasteiger partial charge on any atom is 0.241 e. The Morgan fingerprint density at radius 2 is 1.89 bits per heavy atom. The Labute approximate surface area is 218 Å². The van der Waals surface area contributed by atoms with Gasteiger partial charge in [-0.25, -0.2) is 12.8 Å². The van der Waals surface area contributed by atoms with E-state index in [0.29, 0.717) is 35.8 Å². The second kappa shape index (κ2) is 12.0. The second-order valence-corrected chi connectivity index (χ2v) is 12.2. The molecule has 0 spiro atoms. The highest BCUT2D eigenvalue weighted by Crippen LogP contribution is 2.30. The average molecular weight is 539 g/mol. The summed E-state index contributed by atoms with van der Waals surface area (Å²) in [7, 11) is -3.42. The van der Waals surface area contributed by atoms with Gasteiger partial charge in [0, 0.05) is 47.4 Å². The van der Waals surface area contributed by atoms with Crippen LogP contribution in [0.15, 0.2) is 42.5 Å². The fourth-order valence-electron chi connectivity index (χ4n) is 5.14. The highest BCUT2D eigenvalue weighted by Gasteiger charge is 2.34. The molecule has 1 fully saturated rings. The predicted octanol–water partition coefficient (Wildman–Crippen LogP) is 3.74. The van der Waals surface area contributed by atoms with Gasteiger partial charge in [0.15, 0.2) is 0 Å². The van der Waals surface area contributed by atoms with Crippen molar-refractivity contribution in [3.8, 4) is 0 Å². The van der Waals surface area contributed by atoms with Crippen LogP contribution in [0.25, 0.3) is 0 Å². The molecule has 2 aromatic carbocycles. The molecule has 7 nitrogen and oxygen atoms in total. The van der Waals surface area contributed by atoms with E-state index < -0.39 is 27.8 Å². The summed E-state index contributed by atoms with van der Waals surface area (Å²) < 4.78 is 41.2. The van der Waals surface area contributed by atoms with Crippen molar-refractivity contribution in [2.45, 2.75) is 57.7 Å². The van der Waals surface area contributed by atoms with Crippen LogP contribution in [0.4, 0.5) is 10.1 Å². The molecule has 198 valence electrons. The van der Waals surface area contributed by atoms with E-state index in [9.17, 15) is 17.6 Å². The lowest BCUT2D eigenvalue weighted by molar-refractivity contribution is -0.118. The van der Waals surface area contributed by atoms with Crippen LogP contribution in [0, 0.1) is 11.7 Å². The summed E-state index contributed by atoms with van der Waals surface area (Å²) in [5, 5.41) is 6.67. The molecule has 0 bridgehead atoms. The quantitative estimate of drug-likeness (QED) is 0.451. The summed E-state index contributed by atoms with van der Waals surface area (Å²) in [5.41, 5.74) is 7.99. The van der Waals surface area contributed by atoms with Gasteiger partial charge in [-0.05, 0) is 55.5 Å². The average Bonchev–Trinajstić information content (AvgIpc) is 2.79. The molecular formula is C26H36ClFN4O3S. The first-order valence-corrected chi connectivity index (χ1v) is 14.4. The van der Waals surface area contributed by atoms with Gasteiger partial charge in [0.25, 0.3) is 0 Å². The summed E-state index contributed by atoms with van der Waals surface area (Å²) in [5.74, 6) is -1.07. The number of rotatable bonds is 9. The van der Waals surface area contributed by atoms with Gasteiger partial charge in [0.05, 0.1) is 12.3 Å². The van der Waals surface area contributed by atoms with Crippen molar-refractivity contribution in [3.63, 3.8) is 0 Å². The van der Waals surface area contributed by atoms with Gasteiger partial charge >= 0.3 is 0 Å². The standard InChI is InChI=1S/C26H36ClFN4O3S/c1-16(2)24(18-8-10-19(27)11-9-18)25(29)26(33)31-23-7-5-6-22(28)21(23)13-12-20-15-30-14-17(3)32(20)36(4,34)35/h5-11,16-17,20,24-25,30H,12-15,29H2,1-4H3,(H,31,33)/t17-,20-,24?,25-/m0/s1. The van der Waals surface area contributed by atoms with Gasteiger partial charge in [-0.3, -0.25) is 4.79 Å². The van der Waals surface area contributed by atoms with E-state index in [1.165, 1.54) is 22.7 Å². The minimum atomic E-state index is -3.42. The molecule has 0 radical (unpaired) electrons.